The molecule has 3 aliphatic rings. The molecule has 1 aliphatic carbocycles. The number of fused-ring (bicyclic) bond motifs is 3. The molecule has 2 aliphatic heterocycles. The van der Waals surface area contributed by atoms with E-state index >= 15 is 0 Å². The van der Waals surface area contributed by atoms with Crippen molar-refractivity contribution >= 4 is 17.7 Å². The van der Waals surface area contributed by atoms with Crippen LogP contribution < -0.4 is 4.90 Å². The number of benzene rings is 1. The van der Waals surface area contributed by atoms with Crippen molar-refractivity contribution < 1.29 is 14.7 Å². The number of imidazole rings is 1. The van der Waals surface area contributed by atoms with E-state index in [4.69, 9.17) is 4.98 Å². The monoisotopic (exact) mass is 422 g/mol. The van der Waals surface area contributed by atoms with Crippen molar-refractivity contribution in [3.63, 3.8) is 0 Å². The number of hydrogen-bond donors (Lipinski definition) is 1. The van der Waals surface area contributed by atoms with Gasteiger partial charge in [0, 0.05) is 31.0 Å². The highest BCUT2D eigenvalue weighted by molar-refractivity contribution is 6.09. The fourth-order valence-electron chi connectivity index (χ4n) is 5.37. The Kier molecular flexibility index (Phi) is 4.79. The number of amides is 2. The molecule has 3 heterocycles. The summed E-state index contributed by atoms with van der Waals surface area (Å²) < 4.78 is 2.36. The van der Waals surface area contributed by atoms with Gasteiger partial charge in [-0.2, -0.15) is 0 Å². The third-order valence-corrected chi connectivity index (χ3v) is 7.10. The van der Waals surface area contributed by atoms with Crippen LogP contribution in [0.15, 0.2) is 24.3 Å². The van der Waals surface area contributed by atoms with Gasteiger partial charge in [0.05, 0.1) is 12.2 Å². The number of hydrogen-bond acceptors (Lipinski definition) is 3. The third kappa shape index (κ3) is 3.13. The molecule has 0 saturated carbocycles. The topological polar surface area (TPSA) is 78.7 Å². The van der Waals surface area contributed by atoms with E-state index in [1.165, 1.54) is 29.1 Å². The Morgan fingerprint density at radius 3 is 2.68 bits per heavy atom. The summed E-state index contributed by atoms with van der Waals surface area (Å²) in [5.41, 5.74) is 3.64. The molecule has 0 bridgehead atoms. The standard InChI is InChI=1S/C24H30N4O3/c1-16(2)11-12-27-20-10-6-4-8-18(20)25-21(27)13-28-19-9-5-3-7-17(19)24(22(28)29)14-26(15-24)23(30)31/h3,5,7,9,16H,4,6,8,10-15H2,1-2H3,(H,30,31). The van der Waals surface area contributed by atoms with Crippen molar-refractivity contribution in [2.45, 2.75) is 64.5 Å². The molecule has 1 aromatic heterocycles. The predicted octanol–water partition coefficient (Wildman–Crippen LogP) is 3.59. The second-order valence-corrected chi connectivity index (χ2v) is 9.59. The number of rotatable bonds is 5. The number of likely N-dealkylation sites (tertiary alicyclic amines) is 1. The van der Waals surface area contributed by atoms with Crippen molar-refractivity contribution in [1.82, 2.24) is 14.5 Å². The lowest BCUT2D eigenvalue weighted by atomic mass is 9.75. The van der Waals surface area contributed by atoms with Crippen molar-refractivity contribution in [3.8, 4) is 0 Å². The Bertz CT molecular complexity index is 1040. The number of carboxylic acid groups (broad SMARTS) is 1. The molecular formula is C24H30N4O3. The van der Waals surface area contributed by atoms with E-state index in [2.05, 4.69) is 18.4 Å². The van der Waals surface area contributed by atoms with Gasteiger partial charge >= 0.3 is 6.09 Å². The van der Waals surface area contributed by atoms with Gasteiger partial charge in [0.15, 0.2) is 0 Å². The van der Waals surface area contributed by atoms with E-state index in [0.29, 0.717) is 12.5 Å². The first-order chi connectivity index (χ1) is 14.9. The van der Waals surface area contributed by atoms with Crippen molar-refractivity contribution in [3.05, 3.63) is 47.0 Å². The zero-order valence-electron chi connectivity index (χ0n) is 18.3. The maximum atomic E-state index is 13.6. The van der Waals surface area contributed by atoms with Crippen LogP contribution in [0.4, 0.5) is 10.5 Å². The largest absolute Gasteiger partial charge is 0.465 e. The van der Waals surface area contributed by atoms with Gasteiger partial charge in [-0.25, -0.2) is 9.78 Å². The van der Waals surface area contributed by atoms with Crippen molar-refractivity contribution in [2.24, 2.45) is 5.92 Å². The molecule has 7 heteroatoms. The fraction of sp³-hybridized carbons (Fsp3) is 0.542. The first-order valence-electron chi connectivity index (χ1n) is 11.4. The Morgan fingerprint density at radius 2 is 1.94 bits per heavy atom. The predicted molar refractivity (Wildman–Crippen MR) is 117 cm³/mol. The van der Waals surface area contributed by atoms with Crippen LogP contribution >= 0.6 is 0 Å². The molecule has 0 radical (unpaired) electrons. The number of nitrogens with zero attached hydrogens (tertiary/aromatic N) is 4. The molecule has 0 atom stereocenters. The summed E-state index contributed by atoms with van der Waals surface area (Å²) in [6.45, 7) is 6.29. The van der Waals surface area contributed by atoms with Crippen LogP contribution in [0.25, 0.3) is 0 Å². The lowest BCUT2D eigenvalue weighted by Crippen LogP contribution is -2.65. The minimum Gasteiger partial charge on any atom is -0.465 e. The van der Waals surface area contributed by atoms with Gasteiger partial charge in [-0.3, -0.25) is 4.79 Å². The van der Waals surface area contributed by atoms with Crippen molar-refractivity contribution in [1.29, 1.82) is 0 Å². The average Bonchev–Trinajstić information content (AvgIpc) is 3.18. The van der Waals surface area contributed by atoms with Gasteiger partial charge in [-0.1, -0.05) is 32.0 Å². The molecule has 7 nitrogen and oxygen atoms in total. The number of carbonyl (C=O) groups excluding carboxylic acids is 1. The number of aromatic nitrogens is 2. The van der Waals surface area contributed by atoms with Gasteiger partial charge in [-0.15, -0.1) is 0 Å². The molecule has 1 saturated heterocycles. The van der Waals surface area contributed by atoms with E-state index < -0.39 is 11.5 Å². The van der Waals surface area contributed by atoms with Crippen LogP contribution in [-0.2, 0) is 36.1 Å². The maximum absolute atomic E-state index is 13.6. The van der Waals surface area contributed by atoms with Gasteiger partial charge in [-0.05, 0) is 49.7 Å². The number of carbonyl (C=O) groups is 2. The Hall–Kier alpha value is -2.83. The van der Waals surface area contributed by atoms with E-state index in [9.17, 15) is 14.7 Å². The normalized spacial score (nSPS) is 19.0. The second-order valence-electron chi connectivity index (χ2n) is 9.59. The van der Waals surface area contributed by atoms with Gasteiger partial charge in [0.2, 0.25) is 5.91 Å². The molecule has 2 amide bonds. The Labute approximate surface area is 182 Å². The van der Waals surface area contributed by atoms with Crippen LogP contribution in [0, 0.1) is 5.92 Å². The van der Waals surface area contributed by atoms with Crippen LogP contribution in [0.2, 0.25) is 0 Å². The zero-order valence-corrected chi connectivity index (χ0v) is 18.3. The quantitative estimate of drug-likeness (QED) is 0.799. The molecule has 31 heavy (non-hydrogen) atoms. The van der Waals surface area contributed by atoms with Gasteiger partial charge in [0.1, 0.15) is 11.2 Å². The minimum absolute atomic E-state index is 0.00239. The SMILES string of the molecule is CC(C)CCn1c(CN2C(=O)C3(CN(C(=O)O)C3)c3ccccc32)nc2c1CCCC2. The van der Waals surface area contributed by atoms with Crippen LogP contribution in [0.3, 0.4) is 0 Å². The molecule has 164 valence electrons. The summed E-state index contributed by atoms with van der Waals surface area (Å²) in [6.07, 6.45) is 4.55. The number of anilines is 1. The van der Waals surface area contributed by atoms with E-state index in [1.54, 1.807) is 0 Å². The summed E-state index contributed by atoms with van der Waals surface area (Å²) in [4.78, 5) is 33.2. The zero-order chi connectivity index (χ0) is 21.8. The number of aryl methyl sites for hydroxylation is 1. The fourth-order valence-corrected chi connectivity index (χ4v) is 5.37. The summed E-state index contributed by atoms with van der Waals surface area (Å²) in [7, 11) is 0. The summed E-state index contributed by atoms with van der Waals surface area (Å²) in [5.74, 6) is 1.56. The highest BCUT2D eigenvalue weighted by Crippen LogP contribution is 2.47. The number of para-hydroxylation sites is 1. The second kappa shape index (κ2) is 7.39. The van der Waals surface area contributed by atoms with Gasteiger partial charge < -0.3 is 19.5 Å². The summed E-state index contributed by atoms with van der Waals surface area (Å²) >= 11 is 0. The molecule has 1 aromatic carbocycles. The smallest absolute Gasteiger partial charge is 0.407 e. The molecule has 2 aromatic rings. The first-order valence-corrected chi connectivity index (χ1v) is 11.4. The average molecular weight is 423 g/mol. The lowest BCUT2D eigenvalue weighted by Gasteiger charge is -2.45. The molecule has 1 spiro atoms. The highest BCUT2D eigenvalue weighted by Gasteiger charge is 2.59. The Morgan fingerprint density at radius 1 is 1.19 bits per heavy atom. The minimum atomic E-state index is -0.966. The molecule has 0 unspecified atom stereocenters. The third-order valence-electron chi connectivity index (χ3n) is 7.10. The van der Waals surface area contributed by atoms with E-state index in [1.807, 2.05) is 29.2 Å². The molecule has 1 fully saturated rings. The molecule has 5 rings (SSSR count). The van der Waals surface area contributed by atoms with Crippen molar-refractivity contribution in [2.75, 3.05) is 18.0 Å². The van der Waals surface area contributed by atoms with E-state index in [-0.39, 0.29) is 19.0 Å². The van der Waals surface area contributed by atoms with Crippen LogP contribution in [0.5, 0.6) is 0 Å². The highest BCUT2D eigenvalue weighted by atomic mass is 16.4. The Balaban J connectivity index is 1.49. The summed E-state index contributed by atoms with van der Waals surface area (Å²) in [5, 5.41) is 9.33. The molecule has 1 N–H and O–H groups in total. The molecular weight excluding hydrogens is 392 g/mol. The van der Waals surface area contributed by atoms with Crippen LogP contribution in [-0.4, -0.2) is 44.6 Å². The van der Waals surface area contributed by atoms with Crippen LogP contribution in [0.1, 0.15) is 55.9 Å². The van der Waals surface area contributed by atoms with Gasteiger partial charge in [0.25, 0.3) is 0 Å². The first kappa shape index (κ1) is 20.1. The lowest BCUT2D eigenvalue weighted by molar-refractivity contribution is -0.128. The maximum Gasteiger partial charge on any atom is 0.407 e. The summed E-state index contributed by atoms with van der Waals surface area (Å²) in [6, 6.07) is 7.83. The van der Waals surface area contributed by atoms with E-state index in [0.717, 1.165) is 42.9 Å².